The molecule has 0 saturated carbocycles. The van der Waals surface area contributed by atoms with E-state index in [1.165, 1.54) is 0 Å². The Balaban J connectivity index is 2.79. The summed E-state index contributed by atoms with van der Waals surface area (Å²) in [4.78, 5) is 0. The van der Waals surface area contributed by atoms with Gasteiger partial charge in [0.25, 0.3) is 0 Å². The Hall–Kier alpha value is -1.25. The molecule has 1 aromatic heterocycles. The van der Waals surface area contributed by atoms with E-state index in [1.54, 1.807) is 0 Å². The van der Waals surface area contributed by atoms with E-state index in [0.717, 1.165) is 23.5 Å². The first-order chi connectivity index (χ1) is 6.50. The van der Waals surface area contributed by atoms with Gasteiger partial charge in [-0.2, -0.15) is 5.10 Å². The molecular weight excluding hydrogens is 174 g/mol. The molecule has 1 aromatic rings. The zero-order chi connectivity index (χ0) is 10.7. The molecule has 78 valence electrons. The van der Waals surface area contributed by atoms with E-state index >= 15 is 0 Å². The van der Waals surface area contributed by atoms with Gasteiger partial charge in [0, 0.05) is 19.8 Å². The van der Waals surface area contributed by atoms with Crippen LogP contribution in [-0.2, 0) is 7.05 Å². The van der Waals surface area contributed by atoms with Crippen LogP contribution in [0, 0.1) is 0 Å². The van der Waals surface area contributed by atoms with Crippen LogP contribution in [0.25, 0.3) is 0 Å². The predicted molar refractivity (Wildman–Crippen MR) is 60.6 cm³/mol. The Kier molecular flexibility index (Phi) is 3.33. The Morgan fingerprint density at radius 3 is 2.79 bits per heavy atom. The van der Waals surface area contributed by atoms with Gasteiger partial charge in [-0.25, -0.2) is 0 Å². The molecule has 0 atom stereocenters. The first kappa shape index (κ1) is 10.8. The second kappa shape index (κ2) is 4.31. The first-order valence-corrected chi connectivity index (χ1v) is 4.92. The summed E-state index contributed by atoms with van der Waals surface area (Å²) in [5.74, 6) is 0.448. The van der Waals surface area contributed by atoms with Crippen molar-refractivity contribution in [2.45, 2.75) is 26.7 Å². The average Bonchev–Trinajstić information content (AvgIpc) is 2.43. The van der Waals surface area contributed by atoms with Gasteiger partial charge >= 0.3 is 0 Å². The molecule has 0 aliphatic carbocycles. The summed E-state index contributed by atoms with van der Waals surface area (Å²) in [6.07, 6.45) is 2.01. The summed E-state index contributed by atoms with van der Waals surface area (Å²) in [6.45, 7) is 11.0. The normalized spacial score (nSPS) is 10.6. The van der Waals surface area contributed by atoms with Gasteiger partial charge in [0.2, 0.25) is 0 Å². The molecule has 0 spiro atoms. The van der Waals surface area contributed by atoms with Gasteiger partial charge in [0.05, 0.1) is 11.4 Å². The lowest BCUT2D eigenvalue weighted by molar-refractivity contribution is 0.713. The number of rotatable bonds is 4. The van der Waals surface area contributed by atoms with E-state index in [-0.39, 0.29) is 0 Å². The molecule has 0 aliphatic rings. The molecule has 0 fully saturated rings. The van der Waals surface area contributed by atoms with Gasteiger partial charge in [-0.15, -0.1) is 0 Å². The fourth-order valence-corrected chi connectivity index (χ4v) is 1.31. The zero-order valence-electron chi connectivity index (χ0n) is 9.46. The van der Waals surface area contributed by atoms with Crippen molar-refractivity contribution in [3.8, 4) is 0 Å². The Bertz CT molecular complexity index is 323. The van der Waals surface area contributed by atoms with Gasteiger partial charge in [-0.1, -0.05) is 26.0 Å². The summed E-state index contributed by atoms with van der Waals surface area (Å²) in [7, 11) is 1.94. The molecule has 3 heteroatoms. The molecule has 3 nitrogen and oxygen atoms in total. The number of hydrogen-bond donors (Lipinski definition) is 1. The van der Waals surface area contributed by atoms with Crippen LogP contribution in [-0.4, -0.2) is 16.3 Å². The van der Waals surface area contributed by atoms with Gasteiger partial charge in [0.15, 0.2) is 0 Å². The van der Waals surface area contributed by atoms with Crippen LogP contribution in [0.2, 0.25) is 0 Å². The SMILES string of the molecule is C=C(C)CNc1cn(C)nc1C(C)C. The molecule has 0 bridgehead atoms. The average molecular weight is 193 g/mol. The molecule has 1 N–H and O–H groups in total. The maximum Gasteiger partial charge on any atom is 0.0881 e. The second-order valence-electron chi connectivity index (χ2n) is 4.07. The van der Waals surface area contributed by atoms with Crippen molar-refractivity contribution in [3.63, 3.8) is 0 Å². The number of aromatic nitrogens is 2. The van der Waals surface area contributed by atoms with Gasteiger partial charge < -0.3 is 5.32 Å². The van der Waals surface area contributed by atoms with E-state index < -0.39 is 0 Å². The van der Waals surface area contributed by atoms with Gasteiger partial charge in [-0.05, 0) is 12.8 Å². The lowest BCUT2D eigenvalue weighted by atomic mass is 10.1. The Labute approximate surface area is 85.8 Å². The van der Waals surface area contributed by atoms with E-state index in [1.807, 2.05) is 24.9 Å². The van der Waals surface area contributed by atoms with Crippen LogP contribution >= 0.6 is 0 Å². The lowest BCUT2D eigenvalue weighted by Crippen LogP contribution is -2.04. The highest BCUT2D eigenvalue weighted by molar-refractivity contribution is 5.48. The maximum atomic E-state index is 4.41. The highest BCUT2D eigenvalue weighted by atomic mass is 15.3. The second-order valence-corrected chi connectivity index (χ2v) is 4.07. The van der Waals surface area contributed by atoms with Crippen molar-refractivity contribution in [2.24, 2.45) is 7.05 Å². The minimum atomic E-state index is 0.448. The lowest BCUT2D eigenvalue weighted by Gasteiger charge is -2.07. The van der Waals surface area contributed by atoms with Gasteiger partial charge in [0.1, 0.15) is 0 Å². The number of nitrogens with one attached hydrogen (secondary N) is 1. The van der Waals surface area contributed by atoms with Crippen molar-refractivity contribution in [2.75, 3.05) is 11.9 Å². The molecule has 14 heavy (non-hydrogen) atoms. The van der Waals surface area contributed by atoms with Crippen molar-refractivity contribution < 1.29 is 0 Å². The fourth-order valence-electron chi connectivity index (χ4n) is 1.31. The molecule has 0 aliphatic heterocycles. The number of anilines is 1. The van der Waals surface area contributed by atoms with E-state index in [9.17, 15) is 0 Å². The van der Waals surface area contributed by atoms with Crippen LogP contribution in [0.15, 0.2) is 18.3 Å². The molecule has 0 amide bonds. The van der Waals surface area contributed by atoms with Crippen molar-refractivity contribution in [3.05, 3.63) is 24.0 Å². The molecule has 0 saturated heterocycles. The molecule has 0 aromatic carbocycles. The molecule has 0 unspecified atom stereocenters. The van der Waals surface area contributed by atoms with E-state index in [0.29, 0.717) is 5.92 Å². The number of hydrogen-bond acceptors (Lipinski definition) is 2. The predicted octanol–water partition coefficient (Wildman–Crippen LogP) is 2.53. The van der Waals surface area contributed by atoms with Crippen LogP contribution < -0.4 is 5.32 Å². The van der Waals surface area contributed by atoms with Crippen molar-refractivity contribution in [1.29, 1.82) is 0 Å². The monoisotopic (exact) mass is 193 g/mol. The van der Waals surface area contributed by atoms with Crippen LogP contribution in [0.3, 0.4) is 0 Å². The number of aryl methyl sites for hydroxylation is 1. The van der Waals surface area contributed by atoms with Crippen molar-refractivity contribution in [1.82, 2.24) is 9.78 Å². The highest BCUT2D eigenvalue weighted by Gasteiger charge is 2.10. The topological polar surface area (TPSA) is 29.9 Å². The summed E-state index contributed by atoms with van der Waals surface area (Å²) in [5.41, 5.74) is 3.36. The smallest absolute Gasteiger partial charge is 0.0881 e. The summed E-state index contributed by atoms with van der Waals surface area (Å²) >= 11 is 0. The molecule has 1 heterocycles. The minimum absolute atomic E-state index is 0.448. The van der Waals surface area contributed by atoms with Gasteiger partial charge in [-0.3, -0.25) is 4.68 Å². The molecule has 1 rings (SSSR count). The third-order valence-corrected chi connectivity index (χ3v) is 1.98. The third-order valence-electron chi connectivity index (χ3n) is 1.98. The fraction of sp³-hybridized carbons (Fsp3) is 0.545. The first-order valence-electron chi connectivity index (χ1n) is 4.92. The minimum Gasteiger partial charge on any atom is -0.379 e. The van der Waals surface area contributed by atoms with Crippen LogP contribution in [0.4, 0.5) is 5.69 Å². The Morgan fingerprint density at radius 1 is 1.64 bits per heavy atom. The molecular formula is C11H19N3. The van der Waals surface area contributed by atoms with E-state index in [2.05, 4.69) is 30.8 Å². The quantitative estimate of drug-likeness (QED) is 0.745. The largest absolute Gasteiger partial charge is 0.379 e. The van der Waals surface area contributed by atoms with Crippen LogP contribution in [0.5, 0.6) is 0 Å². The summed E-state index contributed by atoms with van der Waals surface area (Å²) in [6, 6.07) is 0. The van der Waals surface area contributed by atoms with Crippen LogP contribution in [0.1, 0.15) is 32.4 Å². The van der Waals surface area contributed by atoms with Crippen molar-refractivity contribution >= 4 is 5.69 Å². The Morgan fingerprint density at radius 2 is 2.29 bits per heavy atom. The number of nitrogens with zero attached hydrogens (tertiary/aromatic N) is 2. The summed E-state index contributed by atoms with van der Waals surface area (Å²) < 4.78 is 1.84. The molecule has 0 radical (unpaired) electrons. The maximum absolute atomic E-state index is 4.41. The standard InChI is InChI=1S/C11H19N3/c1-8(2)6-12-10-7-14(5)13-11(10)9(3)4/h7,9,12H,1,6H2,2-5H3. The summed E-state index contributed by atoms with van der Waals surface area (Å²) in [5, 5.41) is 7.74. The highest BCUT2D eigenvalue weighted by Crippen LogP contribution is 2.21. The third kappa shape index (κ3) is 2.62. The zero-order valence-corrected chi connectivity index (χ0v) is 9.46. The van der Waals surface area contributed by atoms with E-state index in [4.69, 9.17) is 0 Å².